The lowest BCUT2D eigenvalue weighted by atomic mass is 9.97. The molecule has 0 bridgehead atoms. The molecule has 0 saturated carbocycles. The molecular weight excluding hydrogens is 214 g/mol. The average Bonchev–Trinajstić information content (AvgIpc) is 2.64. The maximum atomic E-state index is 13.1. The van der Waals surface area contributed by atoms with Gasteiger partial charge in [-0.2, -0.15) is 5.10 Å². The van der Waals surface area contributed by atoms with Crippen molar-refractivity contribution in [3.05, 3.63) is 35.4 Å². The monoisotopic (exact) mass is 224 g/mol. The third kappa shape index (κ3) is 1.62. The number of hydrogen-bond acceptors (Lipinski definition) is 3. The van der Waals surface area contributed by atoms with Gasteiger partial charge in [0, 0.05) is 7.05 Å². The molecule has 0 aromatic heterocycles. The number of nitrogens with two attached hydrogens (primary N) is 1. The maximum absolute atomic E-state index is 13.1. The van der Waals surface area contributed by atoms with Crippen LogP contribution in [0.2, 0.25) is 0 Å². The number of hydrogen-bond donors (Lipinski definition) is 2. The molecular formula is C10H10F2N4. The highest BCUT2D eigenvalue weighted by atomic mass is 19.2. The summed E-state index contributed by atoms with van der Waals surface area (Å²) in [5.41, 5.74) is 8.81. The normalized spacial score (nSPS) is 22.1. The smallest absolute Gasteiger partial charge is 0.159 e. The number of nitrogens with zero attached hydrogens (tertiary/aromatic N) is 2. The van der Waals surface area contributed by atoms with Gasteiger partial charge >= 0.3 is 0 Å². The van der Waals surface area contributed by atoms with Gasteiger partial charge in [-0.3, -0.25) is 10.4 Å². The molecule has 1 unspecified atom stereocenters. The van der Waals surface area contributed by atoms with Crippen LogP contribution in [0.15, 0.2) is 28.3 Å². The zero-order valence-corrected chi connectivity index (χ0v) is 8.54. The van der Waals surface area contributed by atoms with Gasteiger partial charge in [-0.1, -0.05) is 6.07 Å². The van der Waals surface area contributed by atoms with Crippen LogP contribution in [-0.2, 0) is 0 Å². The summed E-state index contributed by atoms with van der Waals surface area (Å²) in [6, 6.07) is 3.62. The number of aliphatic imine (C=N–C) groups is 1. The molecule has 2 rings (SSSR count). The van der Waals surface area contributed by atoms with Crippen LogP contribution >= 0.6 is 0 Å². The molecule has 0 amide bonds. The zero-order valence-electron chi connectivity index (χ0n) is 8.54. The summed E-state index contributed by atoms with van der Waals surface area (Å²) < 4.78 is 25.9. The van der Waals surface area contributed by atoms with Crippen LogP contribution < -0.4 is 11.2 Å². The Labute approximate surface area is 90.9 Å². The molecule has 84 valence electrons. The van der Waals surface area contributed by atoms with E-state index in [9.17, 15) is 8.78 Å². The number of benzene rings is 1. The van der Waals surface area contributed by atoms with Crippen molar-refractivity contribution in [2.75, 3.05) is 7.05 Å². The maximum Gasteiger partial charge on any atom is 0.159 e. The van der Waals surface area contributed by atoms with Crippen molar-refractivity contribution in [3.63, 3.8) is 0 Å². The van der Waals surface area contributed by atoms with Crippen LogP contribution in [0.4, 0.5) is 8.78 Å². The van der Waals surface area contributed by atoms with Gasteiger partial charge in [0.2, 0.25) is 0 Å². The van der Waals surface area contributed by atoms with E-state index >= 15 is 0 Å². The molecule has 0 radical (unpaired) electrons. The highest BCUT2D eigenvalue weighted by Crippen LogP contribution is 2.22. The van der Waals surface area contributed by atoms with Crippen molar-refractivity contribution in [2.45, 2.75) is 5.92 Å². The first-order valence-electron chi connectivity index (χ1n) is 4.64. The quantitative estimate of drug-likeness (QED) is 0.746. The number of halogens is 2. The molecule has 1 aromatic rings. The summed E-state index contributed by atoms with van der Waals surface area (Å²) in [6.45, 7) is 0. The molecule has 1 aliphatic rings. The summed E-state index contributed by atoms with van der Waals surface area (Å²) in [5.74, 6) is -1.43. The van der Waals surface area contributed by atoms with Crippen molar-refractivity contribution < 1.29 is 8.78 Å². The molecule has 6 heteroatoms. The van der Waals surface area contributed by atoms with E-state index in [4.69, 9.17) is 5.73 Å². The van der Waals surface area contributed by atoms with Gasteiger partial charge in [-0.15, -0.1) is 0 Å². The Bertz CT molecular complexity index is 482. The SMILES string of the molecule is CN=C1NN=C(N)C1c1ccc(F)c(F)c1. The Kier molecular flexibility index (Phi) is 2.55. The summed E-state index contributed by atoms with van der Waals surface area (Å²) in [5, 5.41) is 3.80. The fourth-order valence-corrected chi connectivity index (χ4v) is 1.59. The molecule has 1 aromatic carbocycles. The van der Waals surface area contributed by atoms with Gasteiger partial charge in [-0.05, 0) is 17.7 Å². The molecule has 0 aliphatic carbocycles. The van der Waals surface area contributed by atoms with E-state index in [2.05, 4.69) is 15.5 Å². The van der Waals surface area contributed by atoms with Crippen LogP contribution in [0, 0.1) is 11.6 Å². The van der Waals surface area contributed by atoms with Crippen LogP contribution in [-0.4, -0.2) is 18.7 Å². The lowest BCUT2D eigenvalue weighted by Crippen LogP contribution is -2.25. The predicted molar refractivity (Wildman–Crippen MR) is 57.2 cm³/mol. The second kappa shape index (κ2) is 3.88. The Balaban J connectivity index is 2.43. The summed E-state index contributed by atoms with van der Waals surface area (Å²) in [6.07, 6.45) is 0. The first-order chi connectivity index (χ1) is 7.63. The molecule has 1 heterocycles. The molecule has 0 fully saturated rings. The van der Waals surface area contributed by atoms with E-state index in [1.165, 1.54) is 6.07 Å². The van der Waals surface area contributed by atoms with Crippen molar-refractivity contribution in [1.82, 2.24) is 5.43 Å². The topological polar surface area (TPSA) is 62.8 Å². The van der Waals surface area contributed by atoms with Gasteiger partial charge < -0.3 is 5.73 Å². The largest absolute Gasteiger partial charge is 0.385 e. The van der Waals surface area contributed by atoms with Crippen molar-refractivity contribution in [2.24, 2.45) is 15.8 Å². The first-order valence-corrected chi connectivity index (χ1v) is 4.64. The molecule has 0 spiro atoms. The second-order valence-electron chi connectivity index (χ2n) is 3.36. The Morgan fingerprint density at radius 1 is 1.38 bits per heavy atom. The molecule has 1 atom stereocenters. The number of nitrogens with one attached hydrogen (secondary N) is 1. The van der Waals surface area contributed by atoms with Gasteiger partial charge in [0.05, 0.1) is 0 Å². The summed E-state index contributed by atoms with van der Waals surface area (Å²) in [7, 11) is 1.57. The zero-order chi connectivity index (χ0) is 11.7. The minimum absolute atomic E-state index is 0.284. The average molecular weight is 224 g/mol. The Morgan fingerprint density at radius 3 is 2.75 bits per heavy atom. The minimum Gasteiger partial charge on any atom is -0.385 e. The minimum atomic E-state index is -0.910. The highest BCUT2D eigenvalue weighted by Gasteiger charge is 2.27. The number of rotatable bonds is 1. The van der Waals surface area contributed by atoms with E-state index in [1.807, 2.05) is 0 Å². The predicted octanol–water partition coefficient (Wildman–Crippen LogP) is 0.952. The Hall–Kier alpha value is -1.98. The van der Waals surface area contributed by atoms with Crippen molar-refractivity contribution in [3.8, 4) is 0 Å². The van der Waals surface area contributed by atoms with Crippen LogP contribution in [0.25, 0.3) is 0 Å². The molecule has 16 heavy (non-hydrogen) atoms. The molecule has 3 N–H and O–H groups in total. The second-order valence-corrected chi connectivity index (χ2v) is 3.36. The van der Waals surface area contributed by atoms with Crippen LogP contribution in [0.5, 0.6) is 0 Å². The van der Waals surface area contributed by atoms with E-state index in [-0.39, 0.29) is 5.84 Å². The third-order valence-corrected chi connectivity index (χ3v) is 2.39. The van der Waals surface area contributed by atoms with E-state index in [0.717, 1.165) is 12.1 Å². The lowest BCUT2D eigenvalue weighted by molar-refractivity contribution is 0.507. The van der Waals surface area contributed by atoms with Gasteiger partial charge in [0.15, 0.2) is 11.6 Å². The van der Waals surface area contributed by atoms with E-state index < -0.39 is 17.6 Å². The van der Waals surface area contributed by atoms with E-state index in [1.54, 1.807) is 7.05 Å². The lowest BCUT2D eigenvalue weighted by Gasteiger charge is -2.10. The van der Waals surface area contributed by atoms with Crippen LogP contribution in [0.3, 0.4) is 0 Å². The molecule has 4 nitrogen and oxygen atoms in total. The fourth-order valence-electron chi connectivity index (χ4n) is 1.59. The number of hydrazone groups is 1. The molecule has 1 aliphatic heterocycles. The standard InChI is InChI=1S/C10H10F2N4/c1-14-10-8(9(13)15-16-10)5-2-3-6(11)7(12)4-5/h2-4,8H,1H3,(H2,13,15)(H,14,16). The van der Waals surface area contributed by atoms with Gasteiger partial charge in [-0.25, -0.2) is 8.78 Å². The summed E-state index contributed by atoms with van der Waals surface area (Å²) >= 11 is 0. The fraction of sp³-hybridized carbons (Fsp3) is 0.200. The number of amidine groups is 2. The first kappa shape index (κ1) is 10.5. The highest BCUT2D eigenvalue weighted by molar-refractivity contribution is 6.13. The Morgan fingerprint density at radius 2 is 2.12 bits per heavy atom. The van der Waals surface area contributed by atoms with E-state index in [0.29, 0.717) is 11.4 Å². The van der Waals surface area contributed by atoms with Gasteiger partial charge in [0.25, 0.3) is 0 Å². The van der Waals surface area contributed by atoms with Crippen molar-refractivity contribution in [1.29, 1.82) is 0 Å². The molecule has 0 saturated heterocycles. The van der Waals surface area contributed by atoms with Crippen molar-refractivity contribution >= 4 is 11.7 Å². The van der Waals surface area contributed by atoms with Gasteiger partial charge in [0.1, 0.15) is 17.6 Å². The summed E-state index contributed by atoms with van der Waals surface area (Å²) in [4.78, 5) is 3.94. The van der Waals surface area contributed by atoms with Crippen LogP contribution in [0.1, 0.15) is 11.5 Å². The third-order valence-electron chi connectivity index (χ3n) is 2.39.